The maximum atomic E-state index is 12.6. The van der Waals surface area contributed by atoms with Gasteiger partial charge in [-0.1, -0.05) is 18.2 Å². The van der Waals surface area contributed by atoms with Crippen molar-refractivity contribution in [1.29, 1.82) is 0 Å². The average Bonchev–Trinajstić information content (AvgIpc) is 2.51. The number of esters is 1. The molecule has 2 rings (SSSR count). The number of urea groups is 1. The van der Waals surface area contributed by atoms with Gasteiger partial charge in [-0.05, 0) is 13.0 Å². The van der Waals surface area contributed by atoms with Crippen molar-refractivity contribution in [2.45, 2.75) is 19.6 Å². The highest BCUT2D eigenvalue weighted by Crippen LogP contribution is 2.35. The zero-order valence-corrected chi connectivity index (χ0v) is 12.8. The van der Waals surface area contributed by atoms with Crippen LogP contribution < -0.4 is 10.1 Å². The number of para-hydroxylation sites is 1. The summed E-state index contributed by atoms with van der Waals surface area (Å²) in [6.45, 7) is -1.45. The first-order valence-electron chi connectivity index (χ1n) is 6.73. The number of amides is 2. The van der Waals surface area contributed by atoms with Gasteiger partial charge >= 0.3 is 18.6 Å². The van der Waals surface area contributed by atoms with E-state index >= 15 is 0 Å². The first-order chi connectivity index (χ1) is 10.9. The van der Waals surface area contributed by atoms with Gasteiger partial charge in [0, 0.05) is 18.3 Å². The van der Waals surface area contributed by atoms with Crippen LogP contribution in [0, 0.1) is 0 Å². The molecule has 0 aliphatic carbocycles. The fourth-order valence-electron chi connectivity index (χ4n) is 2.37. The number of nitrogens with one attached hydrogen (secondary N) is 1. The summed E-state index contributed by atoms with van der Waals surface area (Å²) in [5.41, 5.74) is 0.770. The van der Waals surface area contributed by atoms with Crippen molar-refractivity contribution in [1.82, 2.24) is 10.2 Å². The summed E-state index contributed by atoms with van der Waals surface area (Å²) < 4.78 is 34.4. The van der Waals surface area contributed by atoms with E-state index in [1.165, 1.54) is 37.3 Å². The minimum Gasteiger partial charge on any atom is -0.466 e. The molecule has 1 N–H and O–H groups in total. The number of hydrogen-bond acceptors (Lipinski definition) is 4. The number of hydrogen-bond donors (Lipinski definition) is 1. The number of alkyl halides is 2. The summed E-state index contributed by atoms with van der Waals surface area (Å²) in [5.74, 6) is -0.780. The molecule has 1 aliphatic heterocycles. The zero-order valence-electron chi connectivity index (χ0n) is 12.8. The van der Waals surface area contributed by atoms with Crippen LogP contribution in [-0.4, -0.2) is 37.7 Å². The third-order valence-electron chi connectivity index (χ3n) is 3.61. The maximum Gasteiger partial charge on any atom is 0.387 e. The lowest BCUT2D eigenvalue weighted by Crippen LogP contribution is -2.46. The normalized spacial score (nSPS) is 18.1. The van der Waals surface area contributed by atoms with Crippen LogP contribution in [0.5, 0.6) is 5.75 Å². The molecule has 6 nitrogen and oxygen atoms in total. The van der Waals surface area contributed by atoms with Crippen LogP contribution in [0.15, 0.2) is 35.5 Å². The van der Waals surface area contributed by atoms with E-state index in [0.29, 0.717) is 5.70 Å². The summed E-state index contributed by atoms with van der Waals surface area (Å²) in [6, 6.07) is 4.56. The molecular weight excluding hydrogens is 310 g/mol. The van der Waals surface area contributed by atoms with Gasteiger partial charge in [-0.15, -0.1) is 0 Å². The first-order valence-corrected chi connectivity index (χ1v) is 6.73. The molecule has 0 saturated carbocycles. The molecule has 0 radical (unpaired) electrons. The van der Waals surface area contributed by atoms with Gasteiger partial charge in [-0.3, -0.25) is 0 Å². The number of ether oxygens (including phenoxy) is 2. The molecule has 1 atom stereocenters. The van der Waals surface area contributed by atoms with Crippen LogP contribution >= 0.6 is 0 Å². The van der Waals surface area contributed by atoms with Crippen molar-refractivity contribution in [3.8, 4) is 5.75 Å². The minimum atomic E-state index is -3.02. The molecule has 1 aromatic rings. The van der Waals surface area contributed by atoms with Gasteiger partial charge in [0.1, 0.15) is 5.75 Å². The molecule has 0 spiro atoms. The van der Waals surface area contributed by atoms with E-state index < -0.39 is 24.7 Å². The predicted molar refractivity (Wildman–Crippen MR) is 76.8 cm³/mol. The second-order valence-electron chi connectivity index (χ2n) is 4.85. The summed E-state index contributed by atoms with van der Waals surface area (Å²) >= 11 is 0. The van der Waals surface area contributed by atoms with Crippen LogP contribution in [0.25, 0.3) is 0 Å². The van der Waals surface area contributed by atoms with Gasteiger partial charge in [0.05, 0.1) is 18.7 Å². The molecule has 23 heavy (non-hydrogen) atoms. The Hall–Kier alpha value is -2.64. The molecule has 124 valence electrons. The summed E-state index contributed by atoms with van der Waals surface area (Å²) in [7, 11) is 2.70. The highest BCUT2D eigenvalue weighted by molar-refractivity contribution is 5.95. The third kappa shape index (κ3) is 3.25. The van der Waals surface area contributed by atoms with E-state index in [-0.39, 0.29) is 16.9 Å². The highest BCUT2D eigenvalue weighted by atomic mass is 19.3. The average molecular weight is 326 g/mol. The lowest BCUT2D eigenvalue weighted by molar-refractivity contribution is -0.136. The van der Waals surface area contributed by atoms with Crippen LogP contribution in [-0.2, 0) is 9.53 Å². The van der Waals surface area contributed by atoms with E-state index in [2.05, 4.69) is 10.1 Å². The second-order valence-corrected chi connectivity index (χ2v) is 4.85. The smallest absolute Gasteiger partial charge is 0.387 e. The van der Waals surface area contributed by atoms with Crippen molar-refractivity contribution < 1.29 is 27.8 Å². The summed E-state index contributed by atoms with van der Waals surface area (Å²) in [6.07, 6.45) is 0. The molecule has 0 fully saturated rings. The number of nitrogens with zero attached hydrogens (tertiary/aromatic N) is 1. The minimum absolute atomic E-state index is 0.119. The molecule has 1 aromatic carbocycles. The highest BCUT2D eigenvalue weighted by Gasteiger charge is 2.36. The quantitative estimate of drug-likeness (QED) is 0.863. The number of carbonyl (C=O) groups excluding carboxylic acids is 2. The predicted octanol–water partition coefficient (Wildman–Crippen LogP) is 2.43. The van der Waals surface area contributed by atoms with Crippen molar-refractivity contribution in [3.63, 3.8) is 0 Å². The monoisotopic (exact) mass is 326 g/mol. The van der Waals surface area contributed by atoms with Gasteiger partial charge in [0.15, 0.2) is 0 Å². The Bertz CT molecular complexity index is 661. The SMILES string of the molecule is COC(=O)C1=C(C)N(C)C(=O)N[C@H]1c1ccccc1OC(F)F. The number of carbonyl (C=O) groups is 2. The third-order valence-corrected chi connectivity index (χ3v) is 3.61. The van der Waals surface area contributed by atoms with Crippen LogP contribution in [0.1, 0.15) is 18.5 Å². The Morgan fingerprint density at radius 3 is 2.61 bits per heavy atom. The standard InChI is InChI=1S/C15H16F2N2O4/c1-8-11(13(20)22-3)12(18-15(21)19(8)2)9-6-4-5-7-10(9)23-14(16)17/h4-7,12,14H,1-3H3,(H,18,21)/t12-/m0/s1. The van der Waals surface area contributed by atoms with Crippen molar-refractivity contribution >= 4 is 12.0 Å². The molecule has 2 amide bonds. The maximum absolute atomic E-state index is 12.6. The first kappa shape index (κ1) is 16.7. The van der Waals surface area contributed by atoms with E-state index in [1.54, 1.807) is 13.0 Å². The second kappa shape index (κ2) is 6.64. The number of allylic oxidation sites excluding steroid dienone is 1. The molecule has 0 aromatic heterocycles. The molecule has 0 unspecified atom stereocenters. The van der Waals surface area contributed by atoms with E-state index in [0.717, 1.165) is 0 Å². The Morgan fingerprint density at radius 2 is 2.00 bits per heavy atom. The molecule has 1 heterocycles. The Kier molecular flexibility index (Phi) is 4.83. The largest absolute Gasteiger partial charge is 0.466 e. The lowest BCUT2D eigenvalue weighted by Gasteiger charge is -2.33. The van der Waals surface area contributed by atoms with Gasteiger partial charge in [-0.2, -0.15) is 8.78 Å². The number of halogens is 2. The van der Waals surface area contributed by atoms with E-state index in [4.69, 9.17) is 4.74 Å². The molecule has 0 bridgehead atoms. The van der Waals surface area contributed by atoms with Gasteiger partial charge in [0.25, 0.3) is 0 Å². The van der Waals surface area contributed by atoms with Crippen LogP contribution in [0.3, 0.4) is 0 Å². The van der Waals surface area contributed by atoms with Crippen molar-refractivity contribution in [2.24, 2.45) is 0 Å². The van der Waals surface area contributed by atoms with Gasteiger partial charge < -0.3 is 19.7 Å². The summed E-state index contributed by atoms with van der Waals surface area (Å²) in [4.78, 5) is 25.4. The topological polar surface area (TPSA) is 67.9 Å². The van der Waals surface area contributed by atoms with E-state index in [1.807, 2.05) is 0 Å². The molecule has 8 heteroatoms. The van der Waals surface area contributed by atoms with Gasteiger partial charge in [-0.25, -0.2) is 9.59 Å². The number of rotatable bonds is 4. The Morgan fingerprint density at radius 1 is 1.35 bits per heavy atom. The van der Waals surface area contributed by atoms with Crippen LogP contribution in [0.2, 0.25) is 0 Å². The van der Waals surface area contributed by atoms with Crippen molar-refractivity contribution in [2.75, 3.05) is 14.2 Å². The van der Waals surface area contributed by atoms with Gasteiger partial charge in [0.2, 0.25) is 0 Å². The molecular formula is C15H16F2N2O4. The zero-order chi connectivity index (χ0) is 17.1. The van der Waals surface area contributed by atoms with E-state index in [9.17, 15) is 18.4 Å². The summed E-state index contributed by atoms with van der Waals surface area (Å²) in [5, 5.41) is 2.60. The number of methoxy groups -OCH3 is 1. The molecule has 1 aliphatic rings. The fraction of sp³-hybridized carbons (Fsp3) is 0.333. The number of benzene rings is 1. The van der Waals surface area contributed by atoms with Crippen molar-refractivity contribution in [3.05, 3.63) is 41.1 Å². The van der Waals surface area contributed by atoms with Crippen LogP contribution in [0.4, 0.5) is 13.6 Å². The Balaban J connectivity index is 2.56. The Labute approximate surface area is 131 Å². The fourth-order valence-corrected chi connectivity index (χ4v) is 2.37. The lowest BCUT2D eigenvalue weighted by atomic mass is 9.94. The molecule has 0 saturated heterocycles.